The van der Waals surface area contributed by atoms with Crippen LogP contribution in [0.25, 0.3) is 0 Å². The first-order valence-corrected chi connectivity index (χ1v) is 6.06. The molecular weight excluding hydrogens is 214 g/mol. The van der Waals surface area contributed by atoms with Crippen molar-refractivity contribution in [1.82, 2.24) is 4.72 Å². The Balaban J connectivity index is 2.86. The molecule has 0 radical (unpaired) electrons. The van der Waals surface area contributed by atoms with Crippen molar-refractivity contribution in [1.29, 1.82) is 0 Å². The Morgan fingerprint density at radius 2 is 1.87 bits per heavy atom. The minimum absolute atomic E-state index is 0.245. The zero-order valence-electron chi connectivity index (χ0n) is 8.53. The van der Waals surface area contributed by atoms with E-state index in [-0.39, 0.29) is 18.0 Å². The van der Waals surface area contributed by atoms with Gasteiger partial charge in [0.15, 0.2) is 0 Å². The Hall–Kier alpha value is -1.11. The van der Waals surface area contributed by atoms with Crippen LogP contribution in [0.4, 0.5) is 5.69 Å². The fraction of sp³-hybridized carbons (Fsp3) is 0.333. The fourth-order valence-electron chi connectivity index (χ4n) is 1.08. The van der Waals surface area contributed by atoms with Gasteiger partial charge in [-0.15, -0.1) is 0 Å². The van der Waals surface area contributed by atoms with Gasteiger partial charge in [-0.1, -0.05) is 0 Å². The van der Waals surface area contributed by atoms with Crippen LogP contribution < -0.4 is 15.8 Å². The summed E-state index contributed by atoms with van der Waals surface area (Å²) in [4.78, 5) is 0.245. The summed E-state index contributed by atoms with van der Waals surface area (Å²) in [5.41, 5.74) is 6.09. The molecule has 0 bridgehead atoms. The fourth-order valence-corrected chi connectivity index (χ4v) is 2.13. The van der Waals surface area contributed by atoms with Gasteiger partial charge in [0.25, 0.3) is 0 Å². The molecule has 0 aliphatic heterocycles. The maximum atomic E-state index is 11.6. The van der Waals surface area contributed by atoms with Gasteiger partial charge >= 0.3 is 0 Å². The van der Waals surface area contributed by atoms with E-state index in [1.165, 1.54) is 0 Å². The predicted molar refractivity (Wildman–Crippen MR) is 60.2 cm³/mol. The molecule has 0 amide bonds. The number of hydrogen-bond donors (Lipinski definition) is 3. The SMILES string of the molecule is CNc1ccc(S(=O)(=O)NCCN)cc1. The highest BCUT2D eigenvalue weighted by atomic mass is 32.2. The zero-order valence-corrected chi connectivity index (χ0v) is 9.34. The molecule has 0 aliphatic rings. The molecule has 0 saturated heterocycles. The molecule has 0 aromatic heterocycles. The van der Waals surface area contributed by atoms with Crippen molar-refractivity contribution >= 4 is 15.7 Å². The van der Waals surface area contributed by atoms with Crippen molar-refractivity contribution in [3.05, 3.63) is 24.3 Å². The van der Waals surface area contributed by atoms with Gasteiger partial charge in [0.2, 0.25) is 10.0 Å². The van der Waals surface area contributed by atoms with E-state index < -0.39 is 10.0 Å². The predicted octanol–water partition coefficient (Wildman–Crippen LogP) is -0.0347. The molecule has 1 rings (SSSR count). The van der Waals surface area contributed by atoms with Crippen molar-refractivity contribution < 1.29 is 8.42 Å². The van der Waals surface area contributed by atoms with Crippen molar-refractivity contribution in [2.45, 2.75) is 4.90 Å². The van der Waals surface area contributed by atoms with E-state index in [2.05, 4.69) is 10.0 Å². The first kappa shape index (κ1) is 12.0. The highest BCUT2D eigenvalue weighted by Gasteiger charge is 2.11. The lowest BCUT2D eigenvalue weighted by Gasteiger charge is -2.06. The molecule has 1 aromatic rings. The molecule has 84 valence electrons. The van der Waals surface area contributed by atoms with E-state index in [9.17, 15) is 8.42 Å². The van der Waals surface area contributed by atoms with Crippen LogP contribution in [-0.2, 0) is 10.0 Å². The molecule has 6 heteroatoms. The third-order valence-corrected chi connectivity index (χ3v) is 3.37. The molecule has 0 saturated carbocycles. The first-order chi connectivity index (χ1) is 7.10. The van der Waals surface area contributed by atoms with Gasteiger partial charge < -0.3 is 11.1 Å². The Kier molecular flexibility index (Phi) is 4.07. The lowest BCUT2D eigenvalue weighted by molar-refractivity contribution is 0.582. The highest BCUT2D eigenvalue weighted by molar-refractivity contribution is 7.89. The zero-order chi connectivity index (χ0) is 11.3. The van der Waals surface area contributed by atoms with Crippen LogP contribution in [0.1, 0.15) is 0 Å². The summed E-state index contributed by atoms with van der Waals surface area (Å²) in [6.07, 6.45) is 0. The number of nitrogens with two attached hydrogens (primary N) is 1. The molecule has 0 spiro atoms. The average molecular weight is 229 g/mol. The molecule has 5 nitrogen and oxygen atoms in total. The van der Waals surface area contributed by atoms with E-state index in [4.69, 9.17) is 5.73 Å². The van der Waals surface area contributed by atoms with Crippen LogP contribution in [0, 0.1) is 0 Å². The van der Waals surface area contributed by atoms with Gasteiger partial charge in [-0.2, -0.15) is 0 Å². The molecule has 1 aromatic carbocycles. The second-order valence-corrected chi connectivity index (χ2v) is 4.73. The standard InChI is InChI=1S/C9H15N3O2S/c1-11-8-2-4-9(5-3-8)15(13,14)12-7-6-10/h2-5,11-12H,6-7,10H2,1H3. The number of sulfonamides is 1. The molecule has 0 fully saturated rings. The van der Waals surface area contributed by atoms with Crippen molar-refractivity contribution in [3.8, 4) is 0 Å². The number of anilines is 1. The minimum atomic E-state index is -3.41. The van der Waals surface area contributed by atoms with Crippen LogP contribution in [0.2, 0.25) is 0 Å². The summed E-state index contributed by atoms with van der Waals surface area (Å²) in [5, 5.41) is 2.91. The highest BCUT2D eigenvalue weighted by Crippen LogP contribution is 2.12. The quantitative estimate of drug-likeness (QED) is 0.661. The Labute approximate surface area is 89.7 Å². The van der Waals surface area contributed by atoms with Gasteiger partial charge in [0, 0.05) is 25.8 Å². The van der Waals surface area contributed by atoms with Crippen LogP contribution in [0.5, 0.6) is 0 Å². The van der Waals surface area contributed by atoms with E-state index in [0.717, 1.165) is 5.69 Å². The third-order valence-electron chi connectivity index (χ3n) is 1.89. The molecular formula is C9H15N3O2S. The molecule has 15 heavy (non-hydrogen) atoms. The van der Waals surface area contributed by atoms with Crippen molar-refractivity contribution in [2.75, 3.05) is 25.5 Å². The maximum absolute atomic E-state index is 11.6. The second kappa shape index (κ2) is 5.11. The van der Waals surface area contributed by atoms with Crippen LogP contribution in [0.15, 0.2) is 29.2 Å². The number of hydrogen-bond acceptors (Lipinski definition) is 4. The van der Waals surface area contributed by atoms with Crippen LogP contribution in [0.3, 0.4) is 0 Å². The molecule has 0 atom stereocenters. The van der Waals surface area contributed by atoms with Gasteiger partial charge in [-0.05, 0) is 24.3 Å². The van der Waals surface area contributed by atoms with Gasteiger partial charge in [-0.25, -0.2) is 13.1 Å². The normalized spacial score (nSPS) is 11.3. The maximum Gasteiger partial charge on any atom is 0.240 e. The Bertz CT molecular complexity index is 400. The average Bonchev–Trinajstić information content (AvgIpc) is 2.26. The molecule has 0 aliphatic carbocycles. The summed E-state index contributed by atoms with van der Waals surface area (Å²) in [6.45, 7) is 0.532. The molecule has 0 unspecified atom stereocenters. The number of rotatable bonds is 5. The van der Waals surface area contributed by atoms with Gasteiger partial charge in [0.1, 0.15) is 0 Å². The number of nitrogens with one attached hydrogen (secondary N) is 2. The Morgan fingerprint density at radius 3 is 2.33 bits per heavy atom. The third kappa shape index (κ3) is 3.19. The van der Waals surface area contributed by atoms with Crippen LogP contribution >= 0.6 is 0 Å². The lowest BCUT2D eigenvalue weighted by atomic mass is 10.3. The minimum Gasteiger partial charge on any atom is -0.388 e. The van der Waals surface area contributed by atoms with Gasteiger partial charge in [-0.3, -0.25) is 0 Å². The molecule has 0 heterocycles. The lowest BCUT2D eigenvalue weighted by Crippen LogP contribution is -2.29. The molecule has 4 N–H and O–H groups in total. The monoisotopic (exact) mass is 229 g/mol. The Morgan fingerprint density at radius 1 is 1.27 bits per heavy atom. The summed E-state index contributed by atoms with van der Waals surface area (Å²) in [7, 11) is -1.63. The van der Waals surface area contributed by atoms with Crippen LogP contribution in [-0.4, -0.2) is 28.6 Å². The van der Waals surface area contributed by atoms with Crippen molar-refractivity contribution in [3.63, 3.8) is 0 Å². The van der Waals surface area contributed by atoms with E-state index in [1.807, 2.05) is 0 Å². The second-order valence-electron chi connectivity index (χ2n) is 2.96. The largest absolute Gasteiger partial charge is 0.388 e. The summed E-state index contributed by atoms with van der Waals surface area (Å²) in [6, 6.07) is 6.50. The van der Waals surface area contributed by atoms with E-state index >= 15 is 0 Å². The smallest absolute Gasteiger partial charge is 0.240 e. The van der Waals surface area contributed by atoms with Crippen molar-refractivity contribution in [2.24, 2.45) is 5.73 Å². The number of benzene rings is 1. The van der Waals surface area contributed by atoms with E-state index in [0.29, 0.717) is 0 Å². The van der Waals surface area contributed by atoms with Gasteiger partial charge in [0.05, 0.1) is 4.90 Å². The summed E-state index contributed by atoms with van der Waals surface area (Å²) >= 11 is 0. The summed E-state index contributed by atoms with van der Waals surface area (Å²) < 4.78 is 25.6. The topological polar surface area (TPSA) is 84.2 Å². The first-order valence-electron chi connectivity index (χ1n) is 4.57. The van der Waals surface area contributed by atoms with E-state index in [1.54, 1.807) is 31.3 Å². The summed E-state index contributed by atoms with van der Waals surface area (Å²) in [5.74, 6) is 0.